The Morgan fingerprint density at radius 2 is 1.79 bits per heavy atom. The molecule has 24 heavy (non-hydrogen) atoms. The average Bonchev–Trinajstić information content (AvgIpc) is 2.61. The van der Waals surface area contributed by atoms with Gasteiger partial charge >= 0.3 is 0 Å². The number of methoxy groups -OCH3 is 2. The van der Waals surface area contributed by atoms with E-state index in [1.54, 1.807) is 20.3 Å². The number of hydrogen-bond acceptors (Lipinski definition) is 4. The molecule has 3 rings (SSSR count). The van der Waals surface area contributed by atoms with Crippen LogP contribution in [0.15, 0.2) is 48.2 Å². The van der Waals surface area contributed by atoms with Gasteiger partial charge in [0.05, 0.1) is 19.8 Å². The highest BCUT2D eigenvalue weighted by atomic mass is 16.5. The molecule has 2 aromatic rings. The van der Waals surface area contributed by atoms with Gasteiger partial charge in [-0.15, -0.1) is 0 Å². The Labute approximate surface area is 141 Å². The summed E-state index contributed by atoms with van der Waals surface area (Å²) >= 11 is 0. The van der Waals surface area contributed by atoms with Crippen LogP contribution < -0.4 is 9.47 Å². The number of benzene rings is 2. The molecule has 2 aromatic carbocycles. The molecular formula is C20H20O4. The molecular weight excluding hydrogens is 304 g/mol. The number of carbonyl (C=O) groups is 1. The number of fused-ring (bicyclic) bond motifs is 1. The lowest BCUT2D eigenvalue weighted by atomic mass is 9.85. The Balaban J connectivity index is 1.98. The Morgan fingerprint density at radius 3 is 2.54 bits per heavy atom. The number of hydrogen-bond donors (Lipinski definition) is 1. The SMILES string of the molecule is COc1ccc(CC(O)=C2C(=O)CCc3ccccc32)cc1OC. The van der Waals surface area contributed by atoms with E-state index in [1.807, 2.05) is 36.4 Å². The molecule has 0 radical (unpaired) electrons. The monoisotopic (exact) mass is 324 g/mol. The van der Waals surface area contributed by atoms with Crippen molar-refractivity contribution >= 4 is 11.4 Å². The number of carbonyl (C=O) groups excluding carboxylic acids is 1. The minimum atomic E-state index is -0.00771. The first-order chi connectivity index (χ1) is 11.6. The maximum absolute atomic E-state index is 12.3. The van der Waals surface area contributed by atoms with Gasteiger partial charge in [0.1, 0.15) is 5.76 Å². The van der Waals surface area contributed by atoms with E-state index >= 15 is 0 Å². The van der Waals surface area contributed by atoms with E-state index < -0.39 is 0 Å². The van der Waals surface area contributed by atoms with Crippen LogP contribution in [0.25, 0.3) is 5.57 Å². The van der Waals surface area contributed by atoms with Gasteiger partial charge < -0.3 is 14.6 Å². The van der Waals surface area contributed by atoms with E-state index in [0.717, 1.165) is 23.1 Å². The van der Waals surface area contributed by atoms with Gasteiger partial charge in [-0.3, -0.25) is 4.79 Å². The van der Waals surface area contributed by atoms with Crippen LogP contribution in [-0.4, -0.2) is 25.1 Å². The third kappa shape index (κ3) is 3.00. The van der Waals surface area contributed by atoms with E-state index in [4.69, 9.17) is 9.47 Å². The van der Waals surface area contributed by atoms with Crippen molar-refractivity contribution < 1.29 is 19.4 Å². The Bertz CT molecular complexity index is 805. The maximum atomic E-state index is 12.3. The predicted molar refractivity (Wildman–Crippen MR) is 92.6 cm³/mol. The second-order valence-electron chi connectivity index (χ2n) is 5.77. The fourth-order valence-corrected chi connectivity index (χ4v) is 3.09. The molecule has 0 aliphatic heterocycles. The molecule has 1 aliphatic rings. The summed E-state index contributed by atoms with van der Waals surface area (Å²) in [7, 11) is 3.15. The highest BCUT2D eigenvalue weighted by molar-refractivity contribution is 6.22. The smallest absolute Gasteiger partial charge is 0.167 e. The van der Waals surface area contributed by atoms with Gasteiger partial charge in [0.2, 0.25) is 0 Å². The molecule has 1 aliphatic carbocycles. The van der Waals surface area contributed by atoms with Crippen molar-refractivity contribution in [1.29, 1.82) is 0 Å². The first kappa shape index (κ1) is 16.1. The van der Waals surface area contributed by atoms with Crippen molar-refractivity contribution in [2.24, 2.45) is 0 Å². The molecule has 0 heterocycles. The van der Waals surface area contributed by atoms with Crippen molar-refractivity contribution in [2.45, 2.75) is 19.3 Å². The van der Waals surface area contributed by atoms with Gasteiger partial charge in [-0.1, -0.05) is 30.3 Å². The first-order valence-corrected chi connectivity index (χ1v) is 7.88. The lowest BCUT2D eigenvalue weighted by Crippen LogP contribution is -2.15. The third-order valence-corrected chi connectivity index (χ3v) is 4.30. The summed E-state index contributed by atoms with van der Waals surface area (Å²) in [5, 5.41) is 10.6. The molecule has 1 N–H and O–H groups in total. The summed E-state index contributed by atoms with van der Waals surface area (Å²) < 4.78 is 10.5. The van der Waals surface area contributed by atoms with E-state index in [-0.39, 0.29) is 18.0 Å². The predicted octanol–water partition coefficient (Wildman–Crippen LogP) is 3.73. The number of ether oxygens (including phenoxy) is 2. The second-order valence-corrected chi connectivity index (χ2v) is 5.77. The van der Waals surface area contributed by atoms with E-state index in [9.17, 15) is 9.90 Å². The quantitative estimate of drug-likeness (QED) is 0.688. The van der Waals surface area contributed by atoms with Gasteiger partial charge in [-0.05, 0) is 35.2 Å². The minimum absolute atomic E-state index is 0.00771. The molecule has 0 spiro atoms. The van der Waals surface area contributed by atoms with Crippen molar-refractivity contribution in [3.63, 3.8) is 0 Å². The molecule has 0 unspecified atom stereocenters. The summed E-state index contributed by atoms with van der Waals surface area (Å²) in [6.07, 6.45) is 1.43. The van der Waals surface area contributed by atoms with Gasteiger partial charge in [-0.25, -0.2) is 0 Å². The second kappa shape index (κ2) is 6.79. The van der Waals surface area contributed by atoms with Crippen LogP contribution in [0.1, 0.15) is 23.1 Å². The van der Waals surface area contributed by atoms with E-state index in [0.29, 0.717) is 23.5 Å². The number of rotatable bonds is 4. The zero-order valence-electron chi connectivity index (χ0n) is 13.8. The van der Waals surface area contributed by atoms with Crippen LogP contribution >= 0.6 is 0 Å². The van der Waals surface area contributed by atoms with Crippen molar-refractivity contribution in [3.8, 4) is 11.5 Å². The number of aryl methyl sites for hydroxylation is 1. The summed E-state index contributed by atoms with van der Waals surface area (Å²) in [6, 6.07) is 13.2. The first-order valence-electron chi connectivity index (χ1n) is 7.88. The van der Waals surface area contributed by atoms with Crippen LogP contribution in [-0.2, 0) is 17.6 Å². The van der Waals surface area contributed by atoms with Crippen molar-refractivity contribution in [3.05, 3.63) is 64.9 Å². The fraction of sp³-hybridized carbons (Fsp3) is 0.250. The van der Waals surface area contributed by atoms with Crippen LogP contribution in [0.3, 0.4) is 0 Å². The van der Waals surface area contributed by atoms with E-state index in [2.05, 4.69) is 0 Å². The molecule has 0 amide bonds. The average molecular weight is 324 g/mol. The molecule has 4 nitrogen and oxygen atoms in total. The molecule has 4 heteroatoms. The molecule has 0 saturated carbocycles. The summed E-state index contributed by atoms with van der Waals surface area (Å²) in [5.74, 6) is 1.32. The lowest BCUT2D eigenvalue weighted by molar-refractivity contribution is -0.114. The van der Waals surface area contributed by atoms with Gasteiger partial charge in [0, 0.05) is 12.8 Å². The molecule has 0 aromatic heterocycles. The van der Waals surface area contributed by atoms with Crippen molar-refractivity contribution in [1.82, 2.24) is 0 Å². The molecule has 0 saturated heterocycles. The molecule has 0 fully saturated rings. The number of ketones is 1. The van der Waals surface area contributed by atoms with Gasteiger partial charge in [0.15, 0.2) is 17.3 Å². The molecule has 0 atom stereocenters. The number of allylic oxidation sites excluding steroid dienone is 2. The van der Waals surface area contributed by atoms with Gasteiger partial charge in [0.25, 0.3) is 0 Å². The standard InChI is InChI=1S/C20H20O4/c1-23-18-10-7-13(12-19(18)24-2)11-17(22)20-15-6-4-3-5-14(15)8-9-16(20)21/h3-7,10,12,22H,8-9,11H2,1-2H3. The largest absolute Gasteiger partial charge is 0.511 e. The van der Waals surface area contributed by atoms with Crippen LogP contribution in [0, 0.1) is 0 Å². The topological polar surface area (TPSA) is 55.8 Å². The Hall–Kier alpha value is -2.75. The highest BCUT2D eigenvalue weighted by Crippen LogP contribution is 2.32. The normalized spacial score (nSPS) is 15.7. The van der Waals surface area contributed by atoms with Crippen LogP contribution in [0.2, 0.25) is 0 Å². The van der Waals surface area contributed by atoms with Crippen LogP contribution in [0.4, 0.5) is 0 Å². The summed E-state index contributed by atoms with van der Waals surface area (Å²) in [4.78, 5) is 12.3. The summed E-state index contributed by atoms with van der Waals surface area (Å²) in [5.41, 5.74) is 3.23. The van der Waals surface area contributed by atoms with Gasteiger partial charge in [-0.2, -0.15) is 0 Å². The molecule has 124 valence electrons. The third-order valence-electron chi connectivity index (χ3n) is 4.30. The van der Waals surface area contributed by atoms with Crippen molar-refractivity contribution in [2.75, 3.05) is 14.2 Å². The fourth-order valence-electron chi connectivity index (χ4n) is 3.09. The van der Waals surface area contributed by atoms with Crippen LogP contribution in [0.5, 0.6) is 11.5 Å². The summed E-state index contributed by atoms with van der Waals surface area (Å²) in [6.45, 7) is 0. The number of aliphatic hydroxyl groups excluding tert-OH is 1. The zero-order chi connectivity index (χ0) is 17.1. The minimum Gasteiger partial charge on any atom is -0.511 e. The molecule has 0 bridgehead atoms. The highest BCUT2D eigenvalue weighted by Gasteiger charge is 2.24. The maximum Gasteiger partial charge on any atom is 0.167 e. The van der Waals surface area contributed by atoms with E-state index in [1.165, 1.54) is 0 Å². The Morgan fingerprint density at radius 1 is 1.04 bits per heavy atom. The lowest BCUT2D eigenvalue weighted by Gasteiger charge is -2.19. The Kier molecular flexibility index (Phi) is 4.56. The number of Topliss-reactive ketones (excluding diaryl/α,β-unsaturated/α-hetero) is 1. The number of aliphatic hydroxyl groups is 1. The zero-order valence-corrected chi connectivity index (χ0v) is 13.8.